The van der Waals surface area contributed by atoms with Crippen LogP contribution in [0.5, 0.6) is 6.01 Å². The Hall–Kier alpha value is -2.66. The normalized spacial score (nSPS) is 10.9. The molecule has 0 radical (unpaired) electrons. The molecule has 0 bridgehead atoms. The van der Waals surface area contributed by atoms with Crippen LogP contribution in [0, 0.1) is 6.92 Å². The molecule has 0 saturated carbocycles. The van der Waals surface area contributed by atoms with E-state index in [1.807, 2.05) is 45.0 Å². The van der Waals surface area contributed by atoms with Gasteiger partial charge in [-0.05, 0) is 38.5 Å². The fourth-order valence-corrected chi connectivity index (χ4v) is 2.66. The molecule has 0 amide bonds. The summed E-state index contributed by atoms with van der Waals surface area (Å²) in [6.07, 6.45) is -0.101. The molecule has 25 heavy (non-hydrogen) atoms. The third-order valence-electron chi connectivity index (χ3n) is 3.61. The number of hydrogen-bond donors (Lipinski definition) is 0. The Morgan fingerprint density at radius 1 is 1.12 bits per heavy atom. The van der Waals surface area contributed by atoms with E-state index in [2.05, 4.69) is 10.1 Å². The quantitative estimate of drug-likeness (QED) is 0.696. The SMILES string of the molecule is Cc1ccccc1-c1nc(OC(C)C)nn1C(=O)c1ccccc1Cl. The van der Waals surface area contributed by atoms with Crippen LogP contribution in [0.15, 0.2) is 48.5 Å². The van der Waals surface area contributed by atoms with E-state index >= 15 is 0 Å². The van der Waals surface area contributed by atoms with Gasteiger partial charge in [0.25, 0.3) is 5.91 Å². The number of hydrogen-bond acceptors (Lipinski definition) is 4. The van der Waals surface area contributed by atoms with Gasteiger partial charge in [-0.1, -0.05) is 48.0 Å². The Labute approximate surface area is 151 Å². The smallest absolute Gasteiger partial charge is 0.336 e. The summed E-state index contributed by atoms with van der Waals surface area (Å²) in [5.74, 6) is 0.0774. The Morgan fingerprint density at radius 3 is 2.48 bits per heavy atom. The summed E-state index contributed by atoms with van der Waals surface area (Å²) < 4.78 is 6.84. The van der Waals surface area contributed by atoms with Crippen LogP contribution in [-0.2, 0) is 0 Å². The van der Waals surface area contributed by atoms with Crippen LogP contribution in [0.4, 0.5) is 0 Å². The highest BCUT2D eigenvalue weighted by Crippen LogP contribution is 2.26. The molecule has 128 valence electrons. The zero-order valence-corrected chi connectivity index (χ0v) is 15.0. The van der Waals surface area contributed by atoms with E-state index in [0.29, 0.717) is 16.4 Å². The lowest BCUT2D eigenvalue weighted by Crippen LogP contribution is -2.16. The maximum absolute atomic E-state index is 13.0. The van der Waals surface area contributed by atoms with E-state index in [1.54, 1.807) is 24.3 Å². The van der Waals surface area contributed by atoms with Gasteiger partial charge in [0.15, 0.2) is 5.82 Å². The molecular weight excluding hydrogens is 338 g/mol. The molecule has 6 heteroatoms. The molecule has 0 spiro atoms. The second-order valence-corrected chi connectivity index (χ2v) is 6.30. The van der Waals surface area contributed by atoms with Gasteiger partial charge in [-0.3, -0.25) is 4.79 Å². The Bertz CT molecular complexity index is 919. The number of carbonyl (C=O) groups is 1. The Balaban J connectivity index is 2.15. The third-order valence-corrected chi connectivity index (χ3v) is 3.94. The average molecular weight is 356 g/mol. The predicted molar refractivity (Wildman–Crippen MR) is 97.1 cm³/mol. The first kappa shape index (κ1) is 17.2. The van der Waals surface area contributed by atoms with Gasteiger partial charge in [-0.2, -0.15) is 9.67 Å². The molecule has 0 aliphatic heterocycles. The van der Waals surface area contributed by atoms with Gasteiger partial charge in [0.2, 0.25) is 0 Å². The van der Waals surface area contributed by atoms with Crippen molar-refractivity contribution in [2.45, 2.75) is 26.9 Å². The summed E-state index contributed by atoms with van der Waals surface area (Å²) in [6.45, 7) is 5.71. The maximum Gasteiger partial charge on any atom is 0.336 e. The highest BCUT2D eigenvalue weighted by Gasteiger charge is 2.22. The molecule has 5 nitrogen and oxygen atoms in total. The molecule has 3 rings (SSSR count). The number of nitrogens with zero attached hydrogens (tertiary/aromatic N) is 3. The van der Waals surface area contributed by atoms with Crippen molar-refractivity contribution < 1.29 is 9.53 Å². The van der Waals surface area contributed by atoms with Crippen molar-refractivity contribution in [2.24, 2.45) is 0 Å². The standard InChI is InChI=1S/C19H18ClN3O2/c1-12(2)25-19-21-17(14-9-5-4-8-13(14)3)23(22-19)18(24)15-10-6-7-11-16(15)20/h4-12H,1-3H3. The largest absolute Gasteiger partial charge is 0.460 e. The first-order valence-electron chi connectivity index (χ1n) is 7.96. The number of rotatable bonds is 4. The van der Waals surface area contributed by atoms with E-state index in [1.165, 1.54) is 4.68 Å². The summed E-state index contributed by atoms with van der Waals surface area (Å²) in [4.78, 5) is 17.4. The lowest BCUT2D eigenvalue weighted by molar-refractivity contribution is 0.0943. The zero-order chi connectivity index (χ0) is 18.0. The highest BCUT2D eigenvalue weighted by atomic mass is 35.5. The fourth-order valence-electron chi connectivity index (χ4n) is 2.44. The molecule has 0 fully saturated rings. The molecule has 0 unspecified atom stereocenters. The number of halogens is 1. The average Bonchev–Trinajstić information content (AvgIpc) is 2.98. The van der Waals surface area contributed by atoms with E-state index in [4.69, 9.17) is 16.3 Å². The van der Waals surface area contributed by atoms with Gasteiger partial charge in [0, 0.05) is 5.56 Å². The molecule has 1 aromatic heterocycles. The minimum atomic E-state index is -0.352. The monoisotopic (exact) mass is 355 g/mol. The van der Waals surface area contributed by atoms with E-state index in [0.717, 1.165) is 11.1 Å². The number of ether oxygens (including phenoxy) is 1. The first-order valence-corrected chi connectivity index (χ1v) is 8.34. The lowest BCUT2D eigenvalue weighted by atomic mass is 10.1. The molecule has 0 saturated heterocycles. The molecule has 0 atom stereocenters. The van der Waals surface area contributed by atoms with Crippen molar-refractivity contribution in [3.8, 4) is 17.4 Å². The zero-order valence-electron chi connectivity index (χ0n) is 14.2. The van der Waals surface area contributed by atoms with Gasteiger partial charge < -0.3 is 4.74 Å². The van der Waals surface area contributed by atoms with Crippen LogP contribution in [0.3, 0.4) is 0 Å². The van der Waals surface area contributed by atoms with E-state index < -0.39 is 0 Å². The van der Waals surface area contributed by atoms with Crippen LogP contribution in [0.2, 0.25) is 5.02 Å². The van der Waals surface area contributed by atoms with E-state index in [9.17, 15) is 4.79 Å². The van der Waals surface area contributed by atoms with Crippen LogP contribution < -0.4 is 4.74 Å². The third kappa shape index (κ3) is 3.56. The van der Waals surface area contributed by atoms with Gasteiger partial charge in [-0.15, -0.1) is 5.10 Å². The van der Waals surface area contributed by atoms with Crippen molar-refractivity contribution in [3.05, 3.63) is 64.7 Å². The second kappa shape index (κ2) is 7.07. The van der Waals surface area contributed by atoms with Gasteiger partial charge >= 0.3 is 6.01 Å². The van der Waals surface area contributed by atoms with Crippen molar-refractivity contribution in [2.75, 3.05) is 0 Å². The molecule has 0 aliphatic carbocycles. The number of aryl methyl sites for hydroxylation is 1. The van der Waals surface area contributed by atoms with Gasteiger partial charge in [-0.25, -0.2) is 0 Å². The van der Waals surface area contributed by atoms with Crippen molar-refractivity contribution >= 4 is 17.5 Å². The summed E-state index contributed by atoms with van der Waals surface area (Å²) >= 11 is 6.18. The highest BCUT2D eigenvalue weighted by molar-refractivity contribution is 6.33. The molecule has 1 heterocycles. The Kier molecular flexibility index (Phi) is 4.86. The van der Waals surface area contributed by atoms with Crippen molar-refractivity contribution in [1.82, 2.24) is 14.8 Å². The first-order chi connectivity index (χ1) is 12.0. The number of aromatic nitrogens is 3. The topological polar surface area (TPSA) is 57.0 Å². The summed E-state index contributed by atoms with van der Waals surface area (Å²) in [5.41, 5.74) is 2.16. The van der Waals surface area contributed by atoms with Crippen LogP contribution >= 0.6 is 11.6 Å². The van der Waals surface area contributed by atoms with Gasteiger partial charge in [0.1, 0.15) is 0 Å². The van der Waals surface area contributed by atoms with E-state index in [-0.39, 0.29) is 18.0 Å². The van der Waals surface area contributed by atoms with Crippen LogP contribution in [-0.4, -0.2) is 26.8 Å². The maximum atomic E-state index is 13.0. The minimum Gasteiger partial charge on any atom is -0.460 e. The molecule has 2 aromatic carbocycles. The fraction of sp³-hybridized carbons (Fsp3) is 0.211. The summed E-state index contributed by atoms with van der Waals surface area (Å²) in [7, 11) is 0. The Morgan fingerprint density at radius 2 is 1.80 bits per heavy atom. The lowest BCUT2D eigenvalue weighted by Gasteiger charge is -2.07. The molecule has 3 aromatic rings. The molecule has 0 aliphatic rings. The second-order valence-electron chi connectivity index (χ2n) is 5.90. The van der Waals surface area contributed by atoms with Crippen LogP contribution in [0.1, 0.15) is 29.8 Å². The minimum absolute atomic E-state index is 0.101. The van der Waals surface area contributed by atoms with Gasteiger partial charge in [0.05, 0.1) is 16.7 Å². The molecule has 0 N–H and O–H groups in total. The number of carbonyl (C=O) groups excluding carboxylic acids is 1. The van der Waals surface area contributed by atoms with Crippen LogP contribution in [0.25, 0.3) is 11.4 Å². The number of benzene rings is 2. The summed E-state index contributed by atoms with van der Waals surface area (Å²) in [6, 6.07) is 14.7. The van der Waals surface area contributed by atoms with Crippen molar-refractivity contribution in [1.29, 1.82) is 0 Å². The van der Waals surface area contributed by atoms with Crippen molar-refractivity contribution in [3.63, 3.8) is 0 Å². The summed E-state index contributed by atoms with van der Waals surface area (Å²) in [5, 5.41) is 4.63. The predicted octanol–water partition coefficient (Wildman–Crippen LogP) is 4.38. The molecular formula is C19H18ClN3O2.